The number of hydrogen-bond donors (Lipinski definition) is 2. The zero-order valence-electron chi connectivity index (χ0n) is 14.3. The lowest BCUT2D eigenvalue weighted by molar-refractivity contribution is 0.416. The monoisotopic (exact) mass is 383 g/mol. The first kappa shape index (κ1) is 17.2. The van der Waals surface area contributed by atoms with Crippen LogP contribution in [0.25, 0.3) is 33.4 Å². The molecule has 0 aliphatic carbocycles. The fraction of sp³-hybridized carbons (Fsp3) is 0.0500. The van der Waals surface area contributed by atoms with E-state index in [-0.39, 0.29) is 10.9 Å². The number of nitrogen functional groups attached to an aromatic ring is 2. The average molecular weight is 384 g/mol. The van der Waals surface area contributed by atoms with Gasteiger partial charge in [-0.3, -0.25) is 4.98 Å². The highest BCUT2D eigenvalue weighted by Gasteiger charge is 2.21. The van der Waals surface area contributed by atoms with E-state index in [9.17, 15) is 4.39 Å². The van der Waals surface area contributed by atoms with Gasteiger partial charge in [0.05, 0.1) is 17.5 Å². The predicted molar refractivity (Wildman–Crippen MR) is 105 cm³/mol. The number of anilines is 2. The number of nitrogens with zero attached hydrogens (tertiary/aromatic N) is 1. The Bertz CT molecular complexity index is 1170. The van der Waals surface area contributed by atoms with E-state index in [4.69, 9.17) is 32.2 Å². The normalized spacial score (nSPS) is 11.1. The third kappa shape index (κ3) is 2.74. The molecule has 27 heavy (non-hydrogen) atoms. The van der Waals surface area contributed by atoms with E-state index in [0.29, 0.717) is 39.2 Å². The molecule has 0 bridgehead atoms. The third-order valence-electron chi connectivity index (χ3n) is 4.37. The van der Waals surface area contributed by atoms with Gasteiger partial charge in [0, 0.05) is 17.3 Å². The molecule has 2 heterocycles. The first-order chi connectivity index (χ1) is 13.0. The quantitative estimate of drug-likeness (QED) is 0.512. The lowest BCUT2D eigenvalue weighted by Crippen LogP contribution is -1.94. The van der Waals surface area contributed by atoms with E-state index in [0.717, 1.165) is 5.56 Å². The van der Waals surface area contributed by atoms with Crippen molar-refractivity contribution in [2.75, 3.05) is 18.6 Å². The van der Waals surface area contributed by atoms with Crippen LogP contribution in [0, 0.1) is 5.82 Å². The van der Waals surface area contributed by atoms with Gasteiger partial charge in [0.2, 0.25) is 5.88 Å². The summed E-state index contributed by atoms with van der Waals surface area (Å²) in [5, 5.41) is 0.593. The van der Waals surface area contributed by atoms with Gasteiger partial charge in [-0.05, 0) is 29.8 Å². The maximum atomic E-state index is 13.6. The number of nitrogens with two attached hydrogens (primary N) is 2. The second-order valence-electron chi connectivity index (χ2n) is 5.93. The number of pyridine rings is 1. The van der Waals surface area contributed by atoms with Crippen LogP contribution in [0.1, 0.15) is 0 Å². The standard InChI is InChI=1S/C20H15ClFN3O2/c1-26-15-5-3-2-4-11(15)18-19-16(17(23)20(24)27-19)12(9-25-18)10-6-7-14(22)13(21)8-10/h2-9H,23-24H2,1H3. The highest BCUT2D eigenvalue weighted by Crippen LogP contribution is 2.43. The summed E-state index contributed by atoms with van der Waals surface area (Å²) < 4.78 is 24.7. The summed E-state index contributed by atoms with van der Waals surface area (Å²) in [5.74, 6) is 0.218. The van der Waals surface area contributed by atoms with Crippen molar-refractivity contribution in [1.82, 2.24) is 4.98 Å². The zero-order valence-corrected chi connectivity index (χ0v) is 15.0. The molecule has 0 atom stereocenters. The molecule has 2 aromatic carbocycles. The van der Waals surface area contributed by atoms with Gasteiger partial charge in [-0.2, -0.15) is 0 Å². The smallest absolute Gasteiger partial charge is 0.215 e. The Morgan fingerprint density at radius 2 is 1.89 bits per heavy atom. The van der Waals surface area contributed by atoms with E-state index < -0.39 is 5.82 Å². The summed E-state index contributed by atoms with van der Waals surface area (Å²) in [5.41, 5.74) is 15.4. The van der Waals surface area contributed by atoms with Crippen LogP contribution >= 0.6 is 11.6 Å². The fourth-order valence-corrected chi connectivity index (χ4v) is 3.24. The van der Waals surface area contributed by atoms with Gasteiger partial charge in [-0.25, -0.2) is 4.39 Å². The van der Waals surface area contributed by atoms with Gasteiger partial charge >= 0.3 is 0 Å². The Morgan fingerprint density at radius 3 is 2.63 bits per heavy atom. The maximum absolute atomic E-state index is 13.6. The summed E-state index contributed by atoms with van der Waals surface area (Å²) in [6.07, 6.45) is 1.64. The van der Waals surface area contributed by atoms with Crippen molar-refractivity contribution in [3.05, 3.63) is 59.5 Å². The van der Waals surface area contributed by atoms with Gasteiger partial charge in [-0.1, -0.05) is 29.8 Å². The SMILES string of the molecule is COc1ccccc1-c1ncc(-c2ccc(F)c(Cl)c2)c2c(N)c(N)oc12. The van der Waals surface area contributed by atoms with Crippen molar-refractivity contribution >= 4 is 34.1 Å². The molecule has 0 unspecified atom stereocenters. The number of ether oxygens (including phenoxy) is 1. The van der Waals surface area contributed by atoms with Gasteiger partial charge in [0.15, 0.2) is 5.58 Å². The minimum atomic E-state index is -0.505. The van der Waals surface area contributed by atoms with Crippen LogP contribution < -0.4 is 16.2 Å². The molecule has 0 amide bonds. The molecule has 2 aromatic heterocycles. The molecule has 0 fully saturated rings. The number of hydrogen-bond acceptors (Lipinski definition) is 5. The lowest BCUT2D eigenvalue weighted by atomic mass is 10.00. The third-order valence-corrected chi connectivity index (χ3v) is 4.66. The minimum absolute atomic E-state index is 0.00416. The number of methoxy groups -OCH3 is 1. The molecule has 4 aromatic rings. The maximum Gasteiger partial charge on any atom is 0.215 e. The van der Waals surface area contributed by atoms with Crippen molar-refractivity contribution in [2.24, 2.45) is 0 Å². The Morgan fingerprint density at radius 1 is 1.11 bits per heavy atom. The number of rotatable bonds is 3. The second kappa shape index (κ2) is 6.48. The molecule has 136 valence electrons. The molecule has 0 saturated carbocycles. The molecular weight excluding hydrogens is 369 g/mol. The average Bonchev–Trinajstić information content (AvgIpc) is 2.98. The molecule has 4 N–H and O–H groups in total. The van der Waals surface area contributed by atoms with Crippen LogP contribution in [0.2, 0.25) is 5.02 Å². The Kier molecular flexibility index (Phi) is 4.12. The summed E-state index contributed by atoms with van der Waals surface area (Å²) in [6.45, 7) is 0. The molecule has 7 heteroatoms. The van der Waals surface area contributed by atoms with E-state index >= 15 is 0 Å². The Labute approximate surface area is 159 Å². The molecular formula is C20H15ClFN3O2. The first-order valence-corrected chi connectivity index (χ1v) is 8.44. The van der Waals surface area contributed by atoms with Gasteiger partial charge in [0.25, 0.3) is 0 Å². The summed E-state index contributed by atoms with van der Waals surface area (Å²) in [7, 11) is 1.58. The number of aromatic nitrogens is 1. The van der Waals surface area contributed by atoms with E-state index in [1.165, 1.54) is 12.1 Å². The van der Waals surface area contributed by atoms with Crippen LogP contribution in [0.15, 0.2) is 53.1 Å². The molecule has 0 saturated heterocycles. The summed E-state index contributed by atoms with van der Waals surface area (Å²) in [6, 6.07) is 11.8. The molecule has 0 aliphatic heterocycles. The molecule has 5 nitrogen and oxygen atoms in total. The van der Waals surface area contributed by atoms with Crippen LogP contribution in [0.4, 0.5) is 16.0 Å². The molecule has 4 rings (SSSR count). The fourth-order valence-electron chi connectivity index (χ4n) is 3.06. The van der Waals surface area contributed by atoms with E-state index in [1.807, 2.05) is 24.3 Å². The number of halogens is 2. The number of benzene rings is 2. The van der Waals surface area contributed by atoms with Crippen LogP contribution in [-0.4, -0.2) is 12.1 Å². The number of fused-ring (bicyclic) bond motifs is 1. The second-order valence-corrected chi connectivity index (χ2v) is 6.34. The highest BCUT2D eigenvalue weighted by molar-refractivity contribution is 6.31. The van der Waals surface area contributed by atoms with Crippen molar-refractivity contribution in [1.29, 1.82) is 0 Å². The van der Waals surface area contributed by atoms with Gasteiger partial charge in [0.1, 0.15) is 22.9 Å². The Hall–Kier alpha value is -3.25. The van der Waals surface area contributed by atoms with E-state index in [2.05, 4.69) is 4.98 Å². The molecule has 0 spiro atoms. The summed E-state index contributed by atoms with van der Waals surface area (Å²) in [4.78, 5) is 4.55. The van der Waals surface area contributed by atoms with Crippen molar-refractivity contribution in [3.63, 3.8) is 0 Å². The van der Waals surface area contributed by atoms with Crippen LogP contribution in [0.5, 0.6) is 5.75 Å². The first-order valence-electron chi connectivity index (χ1n) is 8.06. The molecule has 0 aliphatic rings. The topological polar surface area (TPSA) is 87.3 Å². The highest BCUT2D eigenvalue weighted by atomic mass is 35.5. The number of furan rings is 1. The number of para-hydroxylation sites is 1. The van der Waals surface area contributed by atoms with Gasteiger partial charge < -0.3 is 20.6 Å². The van der Waals surface area contributed by atoms with Crippen LogP contribution in [-0.2, 0) is 0 Å². The van der Waals surface area contributed by atoms with Crippen LogP contribution in [0.3, 0.4) is 0 Å². The Balaban J connectivity index is 2.03. The molecule has 0 radical (unpaired) electrons. The van der Waals surface area contributed by atoms with Gasteiger partial charge in [-0.15, -0.1) is 0 Å². The van der Waals surface area contributed by atoms with E-state index in [1.54, 1.807) is 19.4 Å². The lowest BCUT2D eigenvalue weighted by Gasteiger charge is -2.10. The largest absolute Gasteiger partial charge is 0.496 e. The van der Waals surface area contributed by atoms with Crippen molar-refractivity contribution in [2.45, 2.75) is 0 Å². The van der Waals surface area contributed by atoms with Crippen molar-refractivity contribution in [3.8, 4) is 28.1 Å². The zero-order chi connectivity index (χ0) is 19.1. The van der Waals surface area contributed by atoms with Crippen molar-refractivity contribution < 1.29 is 13.5 Å². The minimum Gasteiger partial charge on any atom is -0.496 e. The summed E-state index contributed by atoms with van der Waals surface area (Å²) >= 11 is 5.94. The predicted octanol–water partition coefficient (Wildman–Crippen LogP) is 5.13.